The maximum atomic E-state index is 12.0. The Kier molecular flexibility index (Phi) is 4.00. The van der Waals surface area contributed by atoms with E-state index in [1.54, 1.807) is 12.4 Å². The van der Waals surface area contributed by atoms with Crippen LogP contribution in [0.5, 0.6) is 0 Å². The summed E-state index contributed by atoms with van der Waals surface area (Å²) in [6.45, 7) is 4.40. The van der Waals surface area contributed by atoms with Gasteiger partial charge in [0.05, 0.1) is 6.20 Å². The molecule has 1 N–H and O–H groups in total. The zero-order valence-corrected chi connectivity index (χ0v) is 8.37. The molecular formula is C9H15F2N3. The molecule has 80 valence electrons. The van der Waals surface area contributed by atoms with E-state index in [0.717, 1.165) is 5.56 Å². The maximum absolute atomic E-state index is 12.0. The zero-order valence-electron chi connectivity index (χ0n) is 8.37. The lowest BCUT2D eigenvalue weighted by Gasteiger charge is -2.05. The van der Waals surface area contributed by atoms with Gasteiger partial charge < -0.3 is 5.32 Å². The Morgan fingerprint density at radius 1 is 1.50 bits per heavy atom. The van der Waals surface area contributed by atoms with E-state index < -0.39 is 6.43 Å². The van der Waals surface area contributed by atoms with Crippen molar-refractivity contribution in [1.29, 1.82) is 0 Å². The standard InChI is InChI=1S/C9H15F2N3/c1-7(2)12-3-8-4-13-14(5-8)6-9(10)11/h4-5,7,9,12H,3,6H2,1-2H3. The van der Waals surface area contributed by atoms with Gasteiger partial charge in [0.15, 0.2) is 0 Å². The number of nitrogens with one attached hydrogen (secondary N) is 1. The predicted octanol–water partition coefficient (Wildman–Crippen LogP) is 1.65. The van der Waals surface area contributed by atoms with Crippen LogP contribution in [-0.4, -0.2) is 22.2 Å². The third-order valence-corrected chi connectivity index (χ3v) is 1.73. The molecule has 0 aliphatic carbocycles. The average molecular weight is 203 g/mol. The summed E-state index contributed by atoms with van der Waals surface area (Å²) in [6.07, 6.45) is 0.903. The predicted molar refractivity (Wildman–Crippen MR) is 50.2 cm³/mol. The summed E-state index contributed by atoms with van der Waals surface area (Å²) in [7, 11) is 0. The molecule has 0 amide bonds. The molecular weight excluding hydrogens is 188 g/mol. The van der Waals surface area contributed by atoms with E-state index >= 15 is 0 Å². The van der Waals surface area contributed by atoms with Gasteiger partial charge in [0.2, 0.25) is 0 Å². The van der Waals surface area contributed by atoms with Crippen LogP contribution in [0, 0.1) is 0 Å². The average Bonchev–Trinajstić information content (AvgIpc) is 2.47. The first-order valence-corrected chi connectivity index (χ1v) is 4.61. The van der Waals surface area contributed by atoms with Crippen molar-refractivity contribution in [3.8, 4) is 0 Å². The van der Waals surface area contributed by atoms with Gasteiger partial charge >= 0.3 is 0 Å². The zero-order chi connectivity index (χ0) is 10.6. The molecule has 14 heavy (non-hydrogen) atoms. The molecule has 0 radical (unpaired) electrons. The molecule has 0 aliphatic rings. The molecule has 0 saturated carbocycles. The topological polar surface area (TPSA) is 29.9 Å². The second kappa shape index (κ2) is 5.05. The number of nitrogens with zero attached hydrogens (tertiary/aromatic N) is 2. The minimum atomic E-state index is -2.35. The van der Waals surface area contributed by atoms with E-state index in [2.05, 4.69) is 10.4 Å². The van der Waals surface area contributed by atoms with Crippen molar-refractivity contribution < 1.29 is 8.78 Å². The van der Waals surface area contributed by atoms with Crippen molar-refractivity contribution in [2.24, 2.45) is 0 Å². The summed E-state index contributed by atoms with van der Waals surface area (Å²) in [6, 6.07) is 0.383. The number of hydrogen-bond acceptors (Lipinski definition) is 2. The third-order valence-electron chi connectivity index (χ3n) is 1.73. The first-order valence-electron chi connectivity index (χ1n) is 4.61. The highest BCUT2D eigenvalue weighted by molar-refractivity contribution is 5.03. The Morgan fingerprint density at radius 3 is 2.79 bits per heavy atom. The van der Waals surface area contributed by atoms with E-state index in [1.165, 1.54) is 4.68 Å². The van der Waals surface area contributed by atoms with Crippen molar-refractivity contribution in [2.75, 3.05) is 0 Å². The molecule has 3 nitrogen and oxygen atoms in total. The highest BCUT2D eigenvalue weighted by atomic mass is 19.3. The van der Waals surface area contributed by atoms with E-state index in [4.69, 9.17) is 0 Å². The molecule has 0 saturated heterocycles. The molecule has 0 unspecified atom stereocenters. The fourth-order valence-corrected chi connectivity index (χ4v) is 1.06. The van der Waals surface area contributed by atoms with E-state index in [1.807, 2.05) is 13.8 Å². The van der Waals surface area contributed by atoms with Crippen LogP contribution in [0.15, 0.2) is 12.4 Å². The Balaban J connectivity index is 2.42. The Hall–Kier alpha value is -0.970. The van der Waals surface area contributed by atoms with Gasteiger partial charge in [-0.05, 0) is 0 Å². The molecule has 5 heteroatoms. The van der Waals surface area contributed by atoms with Gasteiger partial charge in [-0.3, -0.25) is 4.68 Å². The van der Waals surface area contributed by atoms with Gasteiger partial charge in [-0.15, -0.1) is 0 Å². The largest absolute Gasteiger partial charge is 0.310 e. The second-order valence-corrected chi connectivity index (χ2v) is 3.50. The van der Waals surface area contributed by atoms with Crippen molar-refractivity contribution >= 4 is 0 Å². The molecule has 0 fully saturated rings. The van der Waals surface area contributed by atoms with E-state index in [-0.39, 0.29) is 6.54 Å². The quantitative estimate of drug-likeness (QED) is 0.788. The second-order valence-electron chi connectivity index (χ2n) is 3.50. The smallest absolute Gasteiger partial charge is 0.257 e. The highest BCUT2D eigenvalue weighted by Gasteiger charge is 2.05. The van der Waals surface area contributed by atoms with Crippen LogP contribution in [-0.2, 0) is 13.1 Å². The summed E-state index contributed by atoms with van der Waals surface area (Å²) in [5, 5.41) is 7.02. The van der Waals surface area contributed by atoms with E-state index in [9.17, 15) is 8.78 Å². The normalized spacial score (nSPS) is 11.6. The summed E-state index contributed by atoms with van der Waals surface area (Å²) in [5.41, 5.74) is 0.930. The number of aromatic nitrogens is 2. The minimum absolute atomic E-state index is 0.332. The number of halogens is 2. The summed E-state index contributed by atoms with van der Waals surface area (Å²) >= 11 is 0. The number of rotatable bonds is 5. The van der Waals surface area contributed by atoms with Crippen LogP contribution < -0.4 is 5.32 Å². The molecule has 0 aromatic carbocycles. The molecule has 1 aromatic rings. The summed E-state index contributed by atoms with van der Waals surface area (Å²) < 4.78 is 25.2. The maximum Gasteiger partial charge on any atom is 0.257 e. The molecule has 0 aliphatic heterocycles. The van der Waals surface area contributed by atoms with Gasteiger partial charge in [0.1, 0.15) is 6.54 Å². The lowest BCUT2D eigenvalue weighted by molar-refractivity contribution is 0.122. The van der Waals surface area contributed by atoms with Gasteiger partial charge in [-0.1, -0.05) is 13.8 Å². The van der Waals surface area contributed by atoms with Gasteiger partial charge in [-0.2, -0.15) is 5.10 Å². The van der Waals surface area contributed by atoms with Gasteiger partial charge in [0, 0.05) is 24.3 Å². The molecule has 0 bridgehead atoms. The van der Waals surface area contributed by atoms with Crippen molar-refractivity contribution in [2.45, 2.75) is 39.4 Å². The van der Waals surface area contributed by atoms with Crippen LogP contribution in [0.25, 0.3) is 0 Å². The molecule has 0 spiro atoms. The number of hydrogen-bond donors (Lipinski definition) is 1. The fourth-order valence-electron chi connectivity index (χ4n) is 1.06. The van der Waals surface area contributed by atoms with Gasteiger partial charge in [0.25, 0.3) is 6.43 Å². The SMILES string of the molecule is CC(C)NCc1cnn(CC(F)F)c1. The van der Waals surface area contributed by atoms with Crippen LogP contribution in [0.3, 0.4) is 0 Å². The Morgan fingerprint density at radius 2 is 2.21 bits per heavy atom. The van der Waals surface area contributed by atoms with Crippen molar-refractivity contribution in [3.63, 3.8) is 0 Å². The lowest BCUT2D eigenvalue weighted by Crippen LogP contribution is -2.21. The first-order chi connectivity index (χ1) is 6.58. The number of alkyl halides is 2. The molecule has 1 aromatic heterocycles. The van der Waals surface area contributed by atoms with Crippen LogP contribution in [0.1, 0.15) is 19.4 Å². The lowest BCUT2D eigenvalue weighted by atomic mass is 10.3. The van der Waals surface area contributed by atoms with Crippen LogP contribution in [0.2, 0.25) is 0 Å². The highest BCUT2D eigenvalue weighted by Crippen LogP contribution is 2.01. The van der Waals surface area contributed by atoms with Crippen molar-refractivity contribution in [3.05, 3.63) is 18.0 Å². The summed E-state index contributed by atoms with van der Waals surface area (Å²) in [5.74, 6) is 0. The Bertz CT molecular complexity index is 271. The summed E-state index contributed by atoms with van der Waals surface area (Å²) in [4.78, 5) is 0. The minimum Gasteiger partial charge on any atom is -0.310 e. The van der Waals surface area contributed by atoms with Crippen molar-refractivity contribution in [1.82, 2.24) is 15.1 Å². The first kappa shape index (κ1) is 11.1. The monoisotopic (exact) mass is 203 g/mol. The third kappa shape index (κ3) is 3.83. The Labute approximate surface area is 82.1 Å². The molecule has 0 atom stereocenters. The molecule has 1 rings (SSSR count). The van der Waals surface area contributed by atoms with Crippen LogP contribution >= 0.6 is 0 Å². The van der Waals surface area contributed by atoms with Gasteiger partial charge in [-0.25, -0.2) is 8.78 Å². The fraction of sp³-hybridized carbons (Fsp3) is 0.667. The van der Waals surface area contributed by atoms with E-state index in [0.29, 0.717) is 12.6 Å². The van der Waals surface area contributed by atoms with Crippen LogP contribution in [0.4, 0.5) is 8.78 Å². The molecule has 1 heterocycles.